The number of carbonyl (C=O) groups is 4. The summed E-state index contributed by atoms with van der Waals surface area (Å²) < 4.78 is 46.7. The number of rotatable bonds is 13. The number of carbonyl (C=O) groups excluding carboxylic acids is 4. The van der Waals surface area contributed by atoms with Crippen LogP contribution in [0.15, 0.2) is 82.1 Å². The second-order valence-corrected chi connectivity index (χ2v) is 18.5. The molecular formula is C43H48F2O8S2. The van der Waals surface area contributed by atoms with Gasteiger partial charge in [-0.05, 0) is 99.3 Å². The molecule has 11 atom stereocenters. The minimum absolute atomic E-state index is 0.0232. The van der Waals surface area contributed by atoms with Crippen LogP contribution in [0, 0.1) is 22.7 Å². The van der Waals surface area contributed by atoms with E-state index in [1.807, 2.05) is 61.7 Å². The highest BCUT2D eigenvalue weighted by atomic mass is 32.2. The number of Topliss-reactive ketones (excluding diaryl/α,β-unsaturated/α-hetero) is 3. The van der Waals surface area contributed by atoms with Crippen molar-refractivity contribution in [3.8, 4) is 0 Å². The minimum Gasteiger partial charge on any atom is -0.390 e. The van der Waals surface area contributed by atoms with Gasteiger partial charge in [0.25, 0.3) is 0 Å². The zero-order valence-corrected chi connectivity index (χ0v) is 33.1. The fourth-order valence-corrected chi connectivity index (χ4v) is 11.7. The van der Waals surface area contributed by atoms with Crippen LogP contribution >= 0.6 is 23.5 Å². The second kappa shape index (κ2) is 15.1. The molecule has 12 heteroatoms. The predicted molar refractivity (Wildman–Crippen MR) is 205 cm³/mol. The Morgan fingerprint density at radius 2 is 1.78 bits per heavy atom. The summed E-state index contributed by atoms with van der Waals surface area (Å²) in [5.41, 5.74) is -5.25. The first kappa shape index (κ1) is 40.2. The lowest BCUT2D eigenvalue weighted by Crippen LogP contribution is -2.70. The van der Waals surface area contributed by atoms with Gasteiger partial charge in [0, 0.05) is 51.4 Å². The maximum Gasteiger partial charge on any atom is 0.193 e. The highest BCUT2D eigenvalue weighted by Gasteiger charge is 2.80. The number of benzene rings is 2. The van der Waals surface area contributed by atoms with Gasteiger partial charge < -0.3 is 19.7 Å². The number of ketones is 4. The van der Waals surface area contributed by atoms with E-state index >= 15 is 8.78 Å². The average molecular weight is 795 g/mol. The Kier molecular flexibility index (Phi) is 11.0. The van der Waals surface area contributed by atoms with Gasteiger partial charge in [0.2, 0.25) is 0 Å². The van der Waals surface area contributed by atoms with Crippen molar-refractivity contribution in [2.45, 2.75) is 117 Å². The largest absolute Gasteiger partial charge is 0.390 e. The number of hydrogen-bond acceptors (Lipinski definition) is 10. The third-order valence-corrected chi connectivity index (χ3v) is 15.3. The summed E-state index contributed by atoms with van der Waals surface area (Å²) >= 11 is 3.03. The maximum atomic E-state index is 17.7. The third kappa shape index (κ3) is 6.52. The molecule has 2 N–H and O–H groups in total. The lowest BCUT2D eigenvalue weighted by atomic mass is 9.44. The Bertz CT molecular complexity index is 1930. The van der Waals surface area contributed by atoms with E-state index < -0.39 is 76.8 Å². The third-order valence-electron chi connectivity index (χ3n) is 13.3. The van der Waals surface area contributed by atoms with E-state index in [-0.39, 0.29) is 41.7 Å². The van der Waals surface area contributed by atoms with Gasteiger partial charge in [-0.2, -0.15) is 11.8 Å². The number of alkyl halides is 2. The molecule has 0 radical (unpaired) electrons. The lowest BCUT2D eigenvalue weighted by molar-refractivity contribution is -0.235. The van der Waals surface area contributed by atoms with Crippen molar-refractivity contribution in [1.82, 2.24) is 0 Å². The first-order valence-electron chi connectivity index (χ1n) is 19.0. The predicted octanol–water partition coefficient (Wildman–Crippen LogP) is 7.08. The number of hydrogen-bond donors (Lipinski definition) is 2. The molecular weight excluding hydrogens is 747 g/mol. The zero-order chi connectivity index (χ0) is 39.5. The topological polar surface area (TPSA) is 127 Å². The van der Waals surface area contributed by atoms with E-state index in [9.17, 15) is 29.4 Å². The molecule has 8 nitrogen and oxygen atoms in total. The summed E-state index contributed by atoms with van der Waals surface area (Å²) in [6, 6.07) is 15.2. The second-order valence-electron chi connectivity index (χ2n) is 16.2. The van der Waals surface area contributed by atoms with Gasteiger partial charge >= 0.3 is 0 Å². The number of ether oxygens (including phenoxy) is 2. The molecule has 1 aliphatic heterocycles. The Labute approximate surface area is 328 Å². The molecule has 0 spiro atoms. The monoisotopic (exact) mass is 794 g/mol. The molecule has 2 aromatic carbocycles. The summed E-state index contributed by atoms with van der Waals surface area (Å²) in [5.74, 6) is -2.45. The minimum atomic E-state index is -2.32. The number of aliphatic hydroxyl groups excluding tert-OH is 2. The summed E-state index contributed by atoms with van der Waals surface area (Å²) in [6.45, 7) is 4.32. The van der Waals surface area contributed by atoms with Gasteiger partial charge in [-0.25, -0.2) is 8.78 Å². The standard InChI is InChI=1S/C43H48F2O8S2/c1-24(54-4)35(49)10-6-8-27(47)17-25-7-5-9-30(18-25)55-29-13-11-26(12-14-29)39-52-38-21-31-32-20-34(44)33-19-28(48)15-16-40(33,2)42(32,45)36(50)22-41(31,3)43(38,53-39)37(51)23-46/h5,7,9,11-16,18-19,24,31-32,34,36,38-39,46,50H,6,8,10,17,20-23H2,1-4H3/t24?,31-,32-,34-,36-,38+,39+,40-,41-,42-,43+/m0/s1. The van der Waals surface area contributed by atoms with Crippen LogP contribution in [0.2, 0.25) is 0 Å². The first-order valence-corrected chi connectivity index (χ1v) is 21.1. The number of allylic oxidation sites excluding steroid dienone is 4. The molecule has 0 amide bonds. The summed E-state index contributed by atoms with van der Waals surface area (Å²) in [5, 5.41) is 22.0. The van der Waals surface area contributed by atoms with Crippen LogP contribution in [0.25, 0.3) is 0 Å². The molecule has 7 rings (SSSR count). The Hall–Kier alpha value is -3.00. The van der Waals surface area contributed by atoms with Crippen molar-refractivity contribution in [3.05, 3.63) is 83.5 Å². The van der Waals surface area contributed by atoms with Crippen molar-refractivity contribution in [2.24, 2.45) is 22.7 Å². The highest BCUT2D eigenvalue weighted by Crippen LogP contribution is 2.72. The normalized spacial score (nSPS) is 36.7. The van der Waals surface area contributed by atoms with Gasteiger partial charge in [-0.1, -0.05) is 49.0 Å². The van der Waals surface area contributed by atoms with E-state index in [0.717, 1.165) is 21.4 Å². The molecule has 2 aromatic rings. The van der Waals surface area contributed by atoms with Crippen LogP contribution in [0.3, 0.4) is 0 Å². The van der Waals surface area contributed by atoms with E-state index in [1.165, 1.54) is 42.6 Å². The zero-order valence-electron chi connectivity index (χ0n) is 31.5. The Balaban J connectivity index is 1.05. The van der Waals surface area contributed by atoms with Crippen molar-refractivity contribution in [1.29, 1.82) is 0 Å². The van der Waals surface area contributed by atoms with Crippen molar-refractivity contribution in [3.63, 3.8) is 0 Å². The molecule has 294 valence electrons. The molecule has 1 saturated heterocycles. The van der Waals surface area contributed by atoms with Crippen LogP contribution in [0.5, 0.6) is 0 Å². The lowest BCUT2D eigenvalue weighted by Gasteiger charge is -2.63. The van der Waals surface area contributed by atoms with Gasteiger partial charge in [-0.15, -0.1) is 0 Å². The molecule has 0 bridgehead atoms. The van der Waals surface area contributed by atoms with Gasteiger partial charge in [0.05, 0.1) is 17.5 Å². The number of fused-ring (bicyclic) bond motifs is 7. The maximum absolute atomic E-state index is 17.7. The molecule has 5 aliphatic rings. The van der Waals surface area contributed by atoms with Crippen LogP contribution < -0.4 is 0 Å². The Morgan fingerprint density at radius 1 is 1.04 bits per heavy atom. The molecule has 4 fully saturated rings. The average Bonchev–Trinajstić information content (AvgIpc) is 3.66. The highest BCUT2D eigenvalue weighted by molar-refractivity contribution is 8.00. The van der Waals surface area contributed by atoms with Gasteiger partial charge in [0.1, 0.15) is 24.3 Å². The first-order chi connectivity index (χ1) is 26.1. The number of thioether (sulfide) groups is 1. The SMILES string of the molecule is CSC(C)C(=O)CCCC(=O)Cc1cccc(Sc2ccc([C@@H]3O[C@@H]4C[C@H]5[C@@H]6C[C@H](F)C7=CC(=O)C=C[C@]7(C)[C@@]6(F)[C@@H](O)C[C@]5(C)[C@]4(C(=O)CO)O3)cc2)c1. The van der Waals surface area contributed by atoms with Crippen LogP contribution in [-0.2, 0) is 35.1 Å². The van der Waals surface area contributed by atoms with Crippen LogP contribution in [0.1, 0.15) is 76.7 Å². The van der Waals surface area contributed by atoms with Crippen molar-refractivity contribution >= 4 is 46.7 Å². The summed E-state index contributed by atoms with van der Waals surface area (Å²) in [6.07, 6.45) is 1.84. The van der Waals surface area contributed by atoms with Crippen LogP contribution in [0.4, 0.5) is 8.78 Å². The van der Waals surface area contributed by atoms with E-state index in [4.69, 9.17) is 9.47 Å². The van der Waals surface area contributed by atoms with E-state index in [0.29, 0.717) is 31.2 Å². The van der Waals surface area contributed by atoms with Crippen molar-refractivity contribution in [2.75, 3.05) is 12.9 Å². The molecule has 55 heavy (non-hydrogen) atoms. The quantitative estimate of drug-likeness (QED) is 0.217. The van der Waals surface area contributed by atoms with Crippen molar-refractivity contribution < 1.29 is 47.6 Å². The number of halogens is 2. The van der Waals surface area contributed by atoms with Gasteiger partial charge in [-0.3, -0.25) is 19.2 Å². The van der Waals surface area contributed by atoms with E-state index in [2.05, 4.69) is 0 Å². The summed E-state index contributed by atoms with van der Waals surface area (Å²) in [7, 11) is 0. The van der Waals surface area contributed by atoms with Crippen LogP contribution in [-0.4, -0.2) is 81.1 Å². The fraction of sp³-hybridized carbons (Fsp3) is 0.535. The summed E-state index contributed by atoms with van der Waals surface area (Å²) in [4.78, 5) is 52.7. The van der Waals surface area contributed by atoms with E-state index in [1.54, 1.807) is 6.92 Å². The Morgan fingerprint density at radius 3 is 2.49 bits per heavy atom. The van der Waals surface area contributed by atoms with Gasteiger partial charge in [0.15, 0.2) is 29.1 Å². The fourth-order valence-electron chi connectivity index (χ4n) is 10.4. The molecule has 3 saturated carbocycles. The molecule has 0 aromatic heterocycles. The molecule has 1 unspecified atom stereocenters. The molecule has 1 heterocycles. The smallest absolute Gasteiger partial charge is 0.193 e. The molecule has 4 aliphatic carbocycles. The number of aliphatic hydroxyl groups is 2.